The third-order valence-electron chi connectivity index (χ3n) is 6.79. The third-order valence-corrected chi connectivity index (χ3v) is 6.79. The molecule has 1 aliphatic heterocycles. The van der Waals surface area contributed by atoms with Crippen molar-refractivity contribution in [1.82, 2.24) is 5.32 Å². The van der Waals surface area contributed by atoms with E-state index in [1.165, 1.54) is 44.2 Å². The number of hydrogen-bond acceptors (Lipinski definition) is 1. The minimum absolute atomic E-state index is 0.506. The van der Waals surface area contributed by atoms with Crippen LogP contribution in [0.1, 0.15) is 52.4 Å². The van der Waals surface area contributed by atoms with E-state index >= 15 is 0 Å². The van der Waals surface area contributed by atoms with E-state index in [2.05, 4.69) is 67.8 Å². The Bertz CT molecular complexity index is 630. The van der Waals surface area contributed by atoms with E-state index in [4.69, 9.17) is 0 Å². The predicted octanol–water partition coefficient (Wildman–Crippen LogP) is 5.94. The molecular weight excluding hydrogens is 302 g/mol. The van der Waals surface area contributed by atoms with Gasteiger partial charge in [-0.05, 0) is 61.9 Å². The first-order valence-electron chi connectivity index (χ1n) is 10.4. The molecule has 5 unspecified atom stereocenters. The fraction of sp³-hybridized carbons (Fsp3) is 0.583. The highest BCUT2D eigenvalue weighted by atomic mass is 15.0. The molecule has 0 radical (unpaired) electrons. The fourth-order valence-corrected chi connectivity index (χ4v) is 5.25. The predicted molar refractivity (Wildman–Crippen MR) is 107 cm³/mol. The Balaban J connectivity index is 1.61. The van der Waals surface area contributed by atoms with Gasteiger partial charge in [0.15, 0.2) is 0 Å². The second kappa shape index (κ2) is 7.40. The zero-order valence-electron chi connectivity index (χ0n) is 15.8. The lowest BCUT2D eigenvalue weighted by atomic mass is 9.69. The van der Waals surface area contributed by atoms with Crippen LogP contribution in [0, 0.1) is 29.6 Å². The van der Waals surface area contributed by atoms with Crippen LogP contribution in [0.3, 0.4) is 0 Å². The Kier molecular flexibility index (Phi) is 5.01. The van der Waals surface area contributed by atoms with Crippen LogP contribution in [-0.4, -0.2) is 6.04 Å². The summed E-state index contributed by atoms with van der Waals surface area (Å²) in [4.78, 5) is 0. The van der Waals surface area contributed by atoms with Crippen LogP contribution in [-0.2, 0) is 0 Å². The van der Waals surface area contributed by atoms with Gasteiger partial charge in [-0.25, -0.2) is 0 Å². The van der Waals surface area contributed by atoms with Crippen LogP contribution >= 0.6 is 0 Å². The molecule has 1 nitrogen and oxygen atoms in total. The molecule has 0 saturated carbocycles. The van der Waals surface area contributed by atoms with E-state index in [-0.39, 0.29) is 0 Å². The second-order valence-corrected chi connectivity index (χ2v) is 8.65. The van der Waals surface area contributed by atoms with Crippen molar-refractivity contribution in [3.05, 3.63) is 59.9 Å². The van der Waals surface area contributed by atoms with Crippen LogP contribution in [0.25, 0.3) is 0 Å². The SMILES string of the molecule is CC(C)C1CC=C(C2CC=CCC2)NC1C1=CC=CC2CCC=CC12. The molecule has 0 bridgehead atoms. The number of allylic oxidation sites excluding steroid dienone is 9. The molecule has 25 heavy (non-hydrogen) atoms. The van der Waals surface area contributed by atoms with Crippen molar-refractivity contribution < 1.29 is 0 Å². The van der Waals surface area contributed by atoms with Gasteiger partial charge in [0.25, 0.3) is 0 Å². The minimum atomic E-state index is 0.506. The van der Waals surface area contributed by atoms with Crippen LogP contribution in [0.4, 0.5) is 0 Å². The summed E-state index contributed by atoms with van der Waals surface area (Å²) >= 11 is 0. The molecule has 4 aliphatic rings. The van der Waals surface area contributed by atoms with E-state index in [9.17, 15) is 0 Å². The highest BCUT2D eigenvalue weighted by Crippen LogP contribution is 2.41. The third kappa shape index (κ3) is 3.43. The smallest absolute Gasteiger partial charge is 0.0513 e. The molecule has 0 aromatic carbocycles. The van der Waals surface area contributed by atoms with Crippen LogP contribution < -0.4 is 5.32 Å². The molecule has 0 spiro atoms. The van der Waals surface area contributed by atoms with E-state index in [1.54, 1.807) is 5.57 Å². The molecule has 5 atom stereocenters. The molecule has 0 aromatic heterocycles. The maximum Gasteiger partial charge on any atom is 0.0513 e. The average Bonchev–Trinajstić information content (AvgIpc) is 2.67. The Morgan fingerprint density at radius 2 is 1.88 bits per heavy atom. The van der Waals surface area contributed by atoms with Gasteiger partial charge >= 0.3 is 0 Å². The molecule has 1 heterocycles. The highest BCUT2D eigenvalue weighted by Gasteiger charge is 2.37. The molecule has 1 heteroatoms. The summed E-state index contributed by atoms with van der Waals surface area (Å²) < 4.78 is 0. The summed E-state index contributed by atoms with van der Waals surface area (Å²) in [6.45, 7) is 4.80. The lowest BCUT2D eigenvalue weighted by Crippen LogP contribution is -2.46. The van der Waals surface area contributed by atoms with E-state index in [1.807, 2.05) is 0 Å². The number of fused-ring (bicyclic) bond motifs is 1. The van der Waals surface area contributed by atoms with Crippen molar-refractivity contribution in [2.24, 2.45) is 29.6 Å². The van der Waals surface area contributed by atoms with Gasteiger partial charge in [0.2, 0.25) is 0 Å². The van der Waals surface area contributed by atoms with Gasteiger partial charge in [0.05, 0.1) is 6.04 Å². The summed E-state index contributed by atoms with van der Waals surface area (Å²) in [6, 6.07) is 0.506. The summed E-state index contributed by atoms with van der Waals surface area (Å²) in [5.74, 6) is 3.45. The zero-order chi connectivity index (χ0) is 17.2. The van der Waals surface area contributed by atoms with Crippen LogP contribution in [0.15, 0.2) is 59.9 Å². The Morgan fingerprint density at radius 1 is 1.00 bits per heavy atom. The Hall–Kier alpha value is -1.50. The summed E-state index contributed by atoms with van der Waals surface area (Å²) in [7, 11) is 0. The molecule has 0 saturated heterocycles. The van der Waals surface area contributed by atoms with Gasteiger partial charge < -0.3 is 5.32 Å². The van der Waals surface area contributed by atoms with Gasteiger partial charge in [-0.15, -0.1) is 0 Å². The fourth-order valence-electron chi connectivity index (χ4n) is 5.25. The molecule has 1 N–H and O–H groups in total. The van der Waals surface area contributed by atoms with Crippen molar-refractivity contribution >= 4 is 0 Å². The van der Waals surface area contributed by atoms with Crippen molar-refractivity contribution in [1.29, 1.82) is 0 Å². The van der Waals surface area contributed by atoms with E-state index < -0.39 is 0 Å². The number of nitrogens with one attached hydrogen (secondary N) is 1. The first-order chi connectivity index (χ1) is 12.2. The topological polar surface area (TPSA) is 12.0 Å². The zero-order valence-corrected chi connectivity index (χ0v) is 15.8. The van der Waals surface area contributed by atoms with E-state index in [0.717, 1.165) is 0 Å². The monoisotopic (exact) mass is 335 g/mol. The van der Waals surface area contributed by atoms with Gasteiger partial charge in [-0.1, -0.05) is 62.5 Å². The number of hydrogen-bond donors (Lipinski definition) is 1. The normalized spacial score (nSPS) is 37.3. The number of rotatable bonds is 3. The Labute approximate surface area is 153 Å². The van der Waals surface area contributed by atoms with Crippen LogP contribution in [0.2, 0.25) is 0 Å². The van der Waals surface area contributed by atoms with Gasteiger partial charge in [-0.2, -0.15) is 0 Å². The van der Waals surface area contributed by atoms with Crippen molar-refractivity contribution in [3.8, 4) is 0 Å². The molecule has 0 aromatic rings. The van der Waals surface area contributed by atoms with Gasteiger partial charge in [-0.3, -0.25) is 0 Å². The first-order valence-corrected chi connectivity index (χ1v) is 10.4. The van der Waals surface area contributed by atoms with E-state index in [0.29, 0.717) is 35.6 Å². The molecule has 4 rings (SSSR count). The second-order valence-electron chi connectivity index (χ2n) is 8.65. The van der Waals surface area contributed by atoms with Crippen molar-refractivity contribution in [3.63, 3.8) is 0 Å². The summed E-state index contributed by atoms with van der Waals surface area (Å²) in [6.07, 6.45) is 26.9. The molecule has 134 valence electrons. The van der Waals surface area contributed by atoms with Crippen molar-refractivity contribution in [2.45, 2.75) is 58.4 Å². The standard InChI is InChI=1S/C24H33N/c1-17(2)20-15-16-23(19-10-4-3-5-11-19)25-24(20)22-14-8-12-18-9-6-7-13-21(18)22/h3-4,7-8,12-14,16-21,24-25H,5-6,9-11,15H2,1-2H3. The first kappa shape index (κ1) is 16.9. The Morgan fingerprint density at radius 3 is 2.68 bits per heavy atom. The summed E-state index contributed by atoms with van der Waals surface area (Å²) in [5.41, 5.74) is 3.16. The molecule has 0 fully saturated rings. The van der Waals surface area contributed by atoms with Crippen LogP contribution in [0.5, 0.6) is 0 Å². The van der Waals surface area contributed by atoms with Gasteiger partial charge in [0.1, 0.15) is 0 Å². The maximum atomic E-state index is 4.05. The maximum absolute atomic E-state index is 4.05. The summed E-state index contributed by atoms with van der Waals surface area (Å²) in [5, 5.41) is 4.05. The lowest BCUT2D eigenvalue weighted by Gasteiger charge is -2.43. The minimum Gasteiger partial charge on any atom is -0.382 e. The molecule has 3 aliphatic carbocycles. The van der Waals surface area contributed by atoms with Crippen molar-refractivity contribution in [2.75, 3.05) is 0 Å². The molecule has 0 amide bonds. The largest absolute Gasteiger partial charge is 0.382 e. The highest BCUT2D eigenvalue weighted by molar-refractivity contribution is 5.35. The lowest BCUT2D eigenvalue weighted by molar-refractivity contribution is 0.271. The average molecular weight is 336 g/mol. The quantitative estimate of drug-likeness (QED) is 0.629. The molecular formula is C24H33N. The van der Waals surface area contributed by atoms with Gasteiger partial charge in [0, 0.05) is 17.5 Å².